The van der Waals surface area contributed by atoms with E-state index in [1.54, 1.807) is 6.08 Å². The van der Waals surface area contributed by atoms with E-state index in [9.17, 15) is 9.90 Å². The molecule has 0 bridgehead atoms. The number of aliphatic carboxylic acids is 1. The monoisotopic (exact) mass is 264 g/mol. The van der Waals surface area contributed by atoms with Crippen molar-refractivity contribution in [2.24, 2.45) is 0 Å². The lowest BCUT2D eigenvalue weighted by Crippen LogP contribution is -1.98. The molecule has 0 radical (unpaired) electrons. The number of carboxylic acid groups (broad SMARTS) is 1. The Hall–Kier alpha value is -1.61. The molecule has 0 aromatic rings. The van der Waals surface area contributed by atoms with Crippen molar-refractivity contribution in [3.63, 3.8) is 0 Å². The third-order valence-electron chi connectivity index (χ3n) is 2.44. The van der Waals surface area contributed by atoms with E-state index in [0.29, 0.717) is 12.8 Å². The van der Waals surface area contributed by atoms with Gasteiger partial charge in [0.05, 0.1) is 6.10 Å². The van der Waals surface area contributed by atoms with Crippen LogP contribution >= 0.6 is 0 Å². The fourth-order valence-electron chi connectivity index (χ4n) is 1.42. The average Bonchev–Trinajstić information content (AvgIpc) is 2.37. The molecule has 0 heterocycles. The minimum absolute atomic E-state index is 0.232. The standard InChI is InChI=1S/C16H24O3/c1-2-3-4-6-9-12-15(17)13-10-7-5-8-11-14-16(18)19/h2,4,6-7,9-10,12,15,17H,1,3,5,8,11,13-14H2,(H,18,19). The minimum Gasteiger partial charge on any atom is -0.481 e. The highest BCUT2D eigenvalue weighted by Crippen LogP contribution is 2.03. The molecule has 0 fully saturated rings. The van der Waals surface area contributed by atoms with Crippen LogP contribution in [0.4, 0.5) is 0 Å². The van der Waals surface area contributed by atoms with Gasteiger partial charge in [-0.25, -0.2) is 0 Å². The summed E-state index contributed by atoms with van der Waals surface area (Å²) in [4.78, 5) is 10.3. The molecule has 0 aliphatic heterocycles. The van der Waals surface area contributed by atoms with Gasteiger partial charge in [0.2, 0.25) is 0 Å². The molecule has 3 nitrogen and oxygen atoms in total. The second-order valence-corrected chi connectivity index (χ2v) is 4.25. The summed E-state index contributed by atoms with van der Waals surface area (Å²) in [7, 11) is 0. The molecule has 2 N–H and O–H groups in total. The van der Waals surface area contributed by atoms with Crippen LogP contribution in [0.1, 0.15) is 38.5 Å². The van der Waals surface area contributed by atoms with Gasteiger partial charge in [0, 0.05) is 6.42 Å². The van der Waals surface area contributed by atoms with Gasteiger partial charge in [0.25, 0.3) is 0 Å². The predicted octanol–water partition coefficient (Wildman–Crippen LogP) is 3.63. The molecular formula is C16H24O3. The van der Waals surface area contributed by atoms with Crippen LogP contribution in [0.2, 0.25) is 0 Å². The summed E-state index contributed by atoms with van der Waals surface area (Å²) in [6, 6.07) is 0. The lowest BCUT2D eigenvalue weighted by atomic mass is 10.1. The molecule has 19 heavy (non-hydrogen) atoms. The molecule has 0 saturated heterocycles. The van der Waals surface area contributed by atoms with Crippen molar-refractivity contribution in [2.45, 2.75) is 44.6 Å². The number of rotatable bonds is 11. The van der Waals surface area contributed by atoms with Gasteiger partial charge in [0.15, 0.2) is 0 Å². The van der Waals surface area contributed by atoms with Gasteiger partial charge in [-0.05, 0) is 32.1 Å². The molecule has 0 aliphatic rings. The molecule has 0 aromatic heterocycles. The van der Waals surface area contributed by atoms with Crippen molar-refractivity contribution in [2.75, 3.05) is 0 Å². The molecule has 0 aromatic carbocycles. The van der Waals surface area contributed by atoms with Crippen molar-refractivity contribution in [3.05, 3.63) is 49.1 Å². The summed E-state index contributed by atoms with van der Waals surface area (Å²) < 4.78 is 0. The third-order valence-corrected chi connectivity index (χ3v) is 2.44. The lowest BCUT2D eigenvalue weighted by molar-refractivity contribution is -0.137. The van der Waals surface area contributed by atoms with Crippen molar-refractivity contribution in [1.82, 2.24) is 0 Å². The van der Waals surface area contributed by atoms with Crippen LogP contribution < -0.4 is 0 Å². The summed E-state index contributed by atoms with van der Waals surface area (Å²) in [6.07, 6.45) is 16.8. The van der Waals surface area contributed by atoms with E-state index in [2.05, 4.69) is 6.58 Å². The second-order valence-electron chi connectivity index (χ2n) is 4.25. The van der Waals surface area contributed by atoms with E-state index in [0.717, 1.165) is 19.3 Å². The number of carbonyl (C=O) groups is 1. The maximum absolute atomic E-state index is 10.3. The Bertz CT molecular complexity index is 327. The van der Waals surface area contributed by atoms with Gasteiger partial charge >= 0.3 is 5.97 Å². The van der Waals surface area contributed by atoms with Crippen molar-refractivity contribution < 1.29 is 15.0 Å². The van der Waals surface area contributed by atoms with Crippen LogP contribution in [0.3, 0.4) is 0 Å². The van der Waals surface area contributed by atoms with E-state index in [1.165, 1.54) is 0 Å². The molecule has 3 heteroatoms. The number of allylic oxidation sites excluding steroid dienone is 5. The van der Waals surface area contributed by atoms with Gasteiger partial charge in [-0.15, -0.1) is 6.58 Å². The van der Waals surface area contributed by atoms with Gasteiger partial charge < -0.3 is 10.2 Å². The average molecular weight is 264 g/mol. The van der Waals surface area contributed by atoms with E-state index in [4.69, 9.17) is 5.11 Å². The molecule has 0 amide bonds. The first-order chi connectivity index (χ1) is 9.16. The zero-order valence-corrected chi connectivity index (χ0v) is 11.4. The minimum atomic E-state index is -0.742. The summed E-state index contributed by atoms with van der Waals surface area (Å²) in [5, 5.41) is 18.1. The Morgan fingerprint density at radius 1 is 1.16 bits per heavy atom. The highest BCUT2D eigenvalue weighted by molar-refractivity contribution is 5.66. The topological polar surface area (TPSA) is 57.5 Å². The van der Waals surface area contributed by atoms with E-state index >= 15 is 0 Å². The molecular weight excluding hydrogens is 240 g/mol. The molecule has 0 aliphatic carbocycles. The number of aliphatic hydroxyl groups is 1. The fourth-order valence-corrected chi connectivity index (χ4v) is 1.42. The second kappa shape index (κ2) is 12.8. The maximum Gasteiger partial charge on any atom is 0.303 e. The largest absolute Gasteiger partial charge is 0.481 e. The highest BCUT2D eigenvalue weighted by Gasteiger charge is 1.95. The molecule has 0 saturated carbocycles. The first-order valence-electron chi connectivity index (χ1n) is 6.66. The van der Waals surface area contributed by atoms with Crippen LogP contribution in [-0.4, -0.2) is 22.3 Å². The fraction of sp³-hybridized carbons (Fsp3) is 0.438. The Labute approximate surface area is 115 Å². The van der Waals surface area contributed by atoms with Gasteiger partial charge in [0.1, 0.15) is 0 Å². The van der Waals surface area contributed by atoms with Gasteiger partial charge in [-0.3, -0.25) is 4.79 Å². The van der Waals surface area contributed by atoms with Crippen molar-refractivity contribution >= 4 is 5.97 Å². The molecule has 0 rings (SSSR count). The zero-order chi connectivity index (χ0) is 14.3. The first-order valence-corrected chi connectivity index (χ1v) is 6.66. The Morgan fingerprint density at radius 3 is 2.63 bits per heavy atom. The molecule has 0 spiro atoms. The molecule has 106 valence electrons. The third kappa shape index (κ3) is 14.3. The summed E-state index contributed by atoms with van der Waals surface area (Å²) >= 11 is 0. The summed E-state index contributed by atoms with van der Waals surface area (Å²) in [5.41, 5.74) is 0. The molecule has 1 unspecified atom stereocenters. The summed E-state index contributed by atoms with van der Waals surface area (Å²) in [5.74, 6) is -0.742. The normalized spacial score (nSPS) is 13.5. The number of carboxylic acids is 1. The highest BCUT2D eigenvalue weighted by atomic mass is 16.4. The molecule has 1 atom stereocenters. The Morgan fingerprint density at radius 2 is 1.95 bits per heavy atom. The van der Waals surface area contributed by atoms with Crippen LogP contribution in [-0.2, 0) is 4.79 Å². The van der Waals surface area contributed by atoms with E-state index < -0.39 is 12.1 Å². The number of unbranched alkanes of at least 4 members (excludes halogenated alkanes) is 2. The van der Waals surface area contributed by atoms with Crippen LogP contribution in [0.15, 0.2) is 49.1 Å². The van der Waals surface area contributed by atoms with E-state index in [1.807, 2.05) is 36.5 Å². The predicted molar refractivity (Wildman–Crippen MR) is 79.0 cm³/mol. The number of aliphatic hydroxyl groups excluding tert-OH is 1. The van der Waals surface area contributed by atoms with Crippen molar-refractivity contribution in [3.8, 4) is 0 Å². The zero-order valence-electron chi connectivity index (χ0n) is 11.4. The van der Waals surface area contributed by atoms with Crippen LogP contribution in [0.25, 0.3) is 0 Å². The number of hydrogen-bond acceptors (Lipinski definition) is 2. The van der Waals surface area contributed by atoms with Gasteiger partial charge in [-0.1, -0.05) is 42.5 Å². The maximum atomic E-state index is 10.3. The van der Waals surface area contributed by atoms with Crippen LogP contribution in [0, 0.1) is 0 Å². The Kier molecular flexibility index (Phi) is 11.7. The van der Waals surface area contributed by atoms with E-state index in [-0.39, 0.29) is 6.42 Å². The Balaban J connectivity index is 3.57. The van der Waals surface area contributed by atoms with Gasteiger partial charge in [-0.2, -0.15) is 0 Å². The summed E-state index contributed by atoms with van der Waals surface area (Å²) in [6.45, 7) is 3.61. The van der Waals surface area contributed by atoms with Crippen molar-refractivity contribution in [1.29, 1.82) is 0 Å². The lowest BCUT2D eigenvalue weighted by Gasteiger charge is -1.99. The first kappa shape index (κ1) is 17.4. The number of hydrogen-bond donors (Lipinski definition) is 2. The van der Waals surface area contributed by atoms with Crippen LogP contribution in [0.5, 0.6) is 0 Å². The smallest absolute Gasteiger partial charge is 0.303 e. The quantitative estimate of drug-likeness (QED) is 0.340. The SMILES string of the molecule is C=CCC=CC=CC(O)CC=CCCCCC(=O)O.